The summed E-state index contributed by atoms with van der Waals surface area (Å²) in [6.07, 6.45) is 0.0831. The number of benzene rings is 2. The minimum Gasteiger partial charge on any atom is -0.495 e. The van der Waals surface area contributed by atoms with E-state index in [9.17, 15) is 18.0 Å². The maximum Gasteiger partial charge on any atom is 0.262 e. The van der Waals surface area contributed by atoms with Crippen LogP contribution in [0.1, 0.15) is 33.0 Å². The van der Waals surface area contributed by atoms with Gasteiger partial charge in [0.05, 0.1) is 17.7 Å². The average Bonchev–Trinajstić information content (AvgIpc) is 3.10. The number of thiophene rings is 1. The molecular weight excluding hydrogens is 448 g/mol. The summed E-state index contributed by atoms with van der Waals surface area (Å²) < 4.78 is 33.3. The highest BCUT2D eigenvalue weighted by Crippen LogP contribution is 2.27. The molecule has 2 N–H and O–H groups in total. The van der Waals surface area contributed by atoms with Crippen LogP contribution in [0.5, 0.6) is 5.75 Å². The van der Waals surface area contributed by atoms with E-state index in [-0.39, 0.29) is 29.4 Å². The van der Waals surface area contributed by atoms with Crippen LogP contribution in [0.3, 0.4) is 0 Å². The number of methoxy groups -OCH3 is 1. The predicted molar refractivity (Wildman–Crippen MR) is 126 cm³/mol. The molecule has 32 heavy (non-hydrogen) atoms. The molecule has 1 amide bonds. The zero-order chi connectivity index (χ0) is 23.3. The van der Waals surface area contributed by atoms with E-state index in [2.05, 4.69) is 10.0 Å². The maximum atomic E-state index is 12.8. The molecule has 9 heteroatoms. The molecule has 7 nitrogen and oxygen atoms in total. The number of hydrogen-bond acceptors (Lipinski definition) is 6. The smallest absolute Gasteiger partial charge is 0.262 e. The Morgan fingerprint density at radius 2 is 1.75 bits per heavy atom. The molecule has 0 aliphatic heterocycles. The Kier molecular flexibility index (Phi) is 7.32. The lowest BCUT2D eigenvalue weighted by atomic mass is 10.1. The van der Waals surface area contributed by atoms with Crippen molar-refractivity contribution in [2.75, 3.05) is 17.1 Å². The van der Waals surface area contributed by atoms with Crippen LogP contribution in [-0.2, 0) is 14.8 Å². The first-order chi connectivity index (χ1) is 15.2. The monoisotopic (exact) mass is 472 g/mol. The van der Waals surface area contributed by atoms with E-state index in [0.717, 1.165) is 9.75 Å². The lowest BCUT2D eigenvalue weighted by Crippen LogP contribution is -2.16. The first kappa shape index (κ1) is 23.5. The third-order valence-corrected chi connectivity index (χ3v) is 7.03. The van der Waals surface area contributed by atoms with Crippen LogP contribution in [-0.4, -0.2) is 27.2 Å². The largest absolute Gasteiger partial charge is 0.495 e. The van der Waals surface area contributed by atoms with Crippen LogP contribution in [0, 0.1) is 13.8 Å². The second-order valence-electron chi connectivity index (χ2n) is 7.13. The van der Waals surface area contributed by atoms with Gasteiger partial charge in [-0.2, -0.15) is 0 Å². The fourth-order valence-electron chi connectivity index (χ4n) is 3.17. The molecular formula is C23H24N2O5S2. The molecule has 0 saturated carbocycles. The molecule has 0 spiro atoms. The summed E-state index contributed by atoms with van der Waals surface area (Å²) in [7, 11) is -2.45. The van der Waals surface area contributed by atoms with E-state index in [1.165, 1.54) is 25.3 Å². The second kappa shape index (κ2) is 9.97. The van der Waals surface area contributed by atoms with E-state index in [1.807, 2.05) is 19.9 Å². The molecule has 168 valence electrons. The topological polar surface area (TPSA) is 102 Å². The van der Waals surface area contributed by atoms with Gasteiger partial charge in [0.25, 0.3) is 10.0 Å². The number of sulfonamides is 1. The molecule has 0 aliphatic rings. The number of ketones is 1. The molecule has 0 saturated heterocycles. The summed E-state index contributed by atoms with van der Waals surface area (Å²) >= 11 is 1.55. The van der Waals surface area contributed by atoms with E-state index < -0.39 is 10.0 Å². The molecule has 0 radical (unpaired) electrons. The number of nitrogens with one attached hydrogen (secondary N) is 2. The molecule has 0 bridgehead atoms. The van der Waals surface area contributed by atoms with Crippen molar-refractivity contribution in [3.8, 4) is 5.75 Å². The number of carbonyl (C=O) groups is 2. The summed E-state index contributed by atoms with van der Waals surface area (Å²) in [5.41, 5.74) is 1.28. The van der Waals surface area contributed by atoms with Crippen molar-refractivity contribution in [1.82, 2.24) is 0 Å². The van der Waals surface area contributed by atoms with Gasteiger partial charge in [0.2, 0.25) is 5.91 Å². The summed E-state index contributed by atoms with van der Waals surface area (Å²) in [6, 6.07) is 14.4. The number of amides is 1. The van der Waals surface area contributed by atoms with Crippen molar-refractivity contribution in [2.24, 2.45) is 0 Å². The third-order valence-electron chi connectivity index (χ3n) is 4.70. The lowest BCUT2D eigenvalue weighted by Gasteiger charge is -2.12. The van der Waals surface area contributed by atoms with E-state index >= 15 is 0 Å². The number of para-hydroxylation sites is 2. The SMILES string of the molecule is COc1ccccc1NS(=O)(=O)c1cccc(NC(=O)CCC(=O)c2cc(C)sc2C)c1. The number of rotatable bonds is 9. The van der Waals surface area contributed by atoms with Gasteiger partial charge in [-0.1, -0.05) is 18.2 Å². The van der Waals surface area contributed by atoms with E-state index in [4.69, 9.17) is 4.74 Å². The molecule has 0 aliphatic carbocycles. The van der Waals surface area contributed by atoms with E-state index in [0.29, 0.717) is 22.7 Å². The Balaban J connectivity index is 1.65. The highest BCUT2D eigenvalue weighted by atomic mass is 32.2. The summed E-state index contributed by atoms with van der Waals surface area (Å²) in [4.78, 5) is 26.7. The van der Waals surface area contributed by atoms with Crippen molar-refractivity contribution in [1.29, 1.82) is 0 Å². The molecule has 1 heterocycles. The zero-order valence-corrected chi connectivity index (χ0v) is 19.6. The number of aryl methyl sites for hydroxylation is 2. The van der Waals surface area contributed by atoms with Crippen LogP contribution >= 0.6 is 11.3 Å². The Bertz CT molecular complexity index is 1250. The fraction of sp³-hybridized carbons (Fsp3) is 0.217. The van der Waals surface area contributed by atoms with Crippen molar-refractivity contribution in [2.45, 2.75) is 31.6 Å². The third kappa shape index (κ3) is 5.74. The summed E-state index contributed by atoms with van der Waals surface area (Å²) in [5, 5.41) is 2.66. The predicted octanol–water partition coefficient (Wildman–Crippen LogP) is 4.78. The van der Waals surface area contributed by atoms with Gasteiger partial charge in [0, 0.05) is 33.8 Å². The van der Waals surface area contributed by atoms with Gasteiger partial charge in [-0.25, -0.2) is 8.42 Å². The minimum atomic E-state index is -3.90. The van der Waals surface area contributed by atoms with Crippen LogP contribution in [0.4, 0.5) is 11.4 Å². The molecule has 2 aromatic carbocycles. The van der Waals surface area contributed by atoms with Crippen LogP contribution < -0.4 is 14.8 Å². The molecule has 0 atom stereocenters. The first-order valence-electron chi connectivity index (χ1n) is 9.85. The number of hydrogen-bond donors (Lipinski definition) is 2. The van der Waals surface area contributed by atoms with Crippen molar-refractivity contribution >= 4 is 44.4 Å². The first-order valence-corrected chi connectivity index (χ1v) is 12.2. The van der Waals surface area contributed by atoms with Gasteiger partial charge >= 0.3 is 0 Å². The minimum absolute atomic E-state index is 0.00358. The van der Waals surface area contributed by atoms with Crippen molar-refractivity contribution in [3.05, 3.63) is 69.9 Å². The average molecular weight is 473 g/mol. The van der Waals surface area contributed by atoms with E-state index in [1.54, 1.807) is 41.7 Å². The molecule has 1 aromatic heterocycles. The lowest BCUT2D eigenvalue weighted by molar-refractivity contribution is -0.116. The zero-order valence-electron chi connectivity index (χ0n) is 18.0. The molecule has 0 unspecified atom stereocenters. The normalized spacial score (nSPS) is 11.1. The van der Waals surface area contributed by atoms with Crippen molar-refractivity contribution in [3.63, 3.8) is 0 Å². The Labute approximate surface area is 191 Å². The number of Topliss-reactive ketones (excluding diaryl/α,β-unsaturated/α-hetero) is 1. The van der Waals surface area contributed by atoms with Gasteiger partial charge in [-0.3, -0.25) is 14.3 Å². The van der Waals surface area contributed by atoms with Gasteiger partial charge in [0.1, 0.15) is 5.75 Å². The van der Waals surface area contributed by atoms with Gasteiger partial charge in [0.15, 0.2) is 5.78 Å². The maximum absolute atomic E-state index is 12.8. The number of ether oxygens (including phenoxy) is 1. The Morgan fingerprint density at radius 1 is 1.00 bits per heavy atom. The molecule has 3 rings (SSSR count). The van der Waals surface area contributed by atoms with Crippen LogP contribution in [0.2, 0.25) is 0 Å². The molecule has 3 aromatic rings. The van der Waals surface area contributed by atoms with Gasteiger partial charge in [-0.15, -0.1) is 11.3 Å². The highest BCUT2D eigenvalue weighted by Gasteiger charge is 2.18. The van der Waals surface area contributed by atoms with Gasteiger partial charge < -0.3 is 10.1 Å². The Morgan fingerprint density at radius 3 is 2.44 bits per heavy atom. The molecule has 0 fully saturated rings. The number of anilines is 2. The van der Waals surface area contributed by atoms with Crippen LogP contribution in [0.15, 0.2) is 59.5 Å². The summed E-state index contributed by atoms with van der Waals surface area (Å²) in [5.74, 6) is -0.0595. The van der Waals surface area contributed by atoms with Crippen molar-refractivity contribution < 1.29 is 22.7 Å². The second-order valence-corrected chi connectivity index (χ2v) is 10.3. The Hall–Kier alpha value is -3.17. The quantitative estimate of drug-likeness (QED) is 0.437. The van der Waals surface area contributed by atoms with Gasteiger partial charge in [-0.05, 0) is 50.2 Å². The standard InChI is InChI=1S/C23H24N2O5S2/c1-15-13-19(16(2)31-15)21(26)11-12-23(27)24-17-7-6-8-18(14-17)32(28,29)25-20-9-4-5-10-22(20)30-3/h4-10,13-14,25H,11-12H2,1-3H3,(H,24,27). The fourth-order valence-corrected chi connectivity index (χ4v) is 5.22. The highest BCUT2D eigenvalue weighted by molar-refractivity contribution is 7.92. The number of carbonyl (C=O) groups excluding carboxylic acids is 2. The summed E-state index contributed by atoms with van der Waals surface area (Å²) in [6.45, 7) is 3.82. The van der Waals surface area contributed by atoms with Crippen LogP contribution in [0.25, 0.3) is 0 Å².